The standard InChI is InChI=1S/C21H23ClN4O2/c1-13-10-11-16(22)12-18(13)24-20(27)14(2)23-19-15(3)25(4)26(21(19)28)17-8-6-5-7-9-17/h5-12,14,23H,1-4H3,(H,24,27). The first-order valence-electron chi connectivity index (χ1n) is 8.97. The maximum absolute atomic E-state index is 13.0. The van der Waals surface area contributed by atoms with Gasteiger partial charge in [-0.2, -0.15) is 0 Å². The topological polar surface area (TPSA) is 68.1 Å². The first kappa shape index (κ1) is 19.8. The van der Waals surface area contributed by atoms with Crippen molar-refractivity contribution < 1.29 is 4.79 Å². The van der Waals surface area contributed by atoms with Crippen molar-refractivity contribution in [2.75, 3.05) is 10.6 Å². The fourth-order valence-corrected chi connectivity index (χ4v) is 3.16. The van der Waals surface area contributed by atoms with Crippen LogP contribution in [0.15, 0.2) is 53.3 Å². The summed E-state index contributed by atoms with van der Waals surface area (Å²) in [4.78, 5) is 25.6. The summed E-state index contributed by atoms with van der Waals surface area (Å²) in [5, 5.41) is 6.47. The van der Waals surface area contributed by atoms with Crippen molar-refractivity contribution in [2.24, 2.45) is 7.05 Å². The van der Waals surface area contributed by atoms with Crippen LogP contribution in [0.1, 0.15) is 18.2 Å². The molecule has 3 rings (SSSR count). The van der Waals surface area contributed by atoms with E-state index in [1.165, 1.54) is 0 Å². The van der Waals surface area contributed by atoms with Crippen LogP contribution in [-0.2, 0) is 11.8 Å². The zero-order chi connectivity index (χ0) is 20.4. The van der Waals surface area contributed by atoms with Gasteiger partial charge in [0.05, 0.1) is 11.4 Å². The molecular formula is C21H23ClN4O2. The normalized spacial score (nSPS) is 11.9. The van der Waals surface area contributed by atoms with E-state index in [-0.39, 0.29) is 11.5 Å². The molecule has 3 aromatic rings. The second-order valence-corrected chi connectivity index (χ2v) is 7.19. The fourth-order valence-electron chi connectivity index (χ4n) is 2.99. The second kappa shape index (κ2) is 7.94. The summed E-state index contributed by atoms with van der Waals surface area (Å²) in [6, 6.07) is 14.1. The Hall–Kier alpha value is -2.99. The summed E-state index contributed by atoms with van der Waals surface area (Å²) in [5.74, 6) is -0.251. The molecule has 0 aliphatic carbocycles. The lowest BCUT2D eigenvalue weighted by molar-refractivity contribution is -0.116. The van der Waals surface area contributed by atoms with Gasteiger partial charge in [0, 0.05) is 17.8 Å². The number of para-hydroxylation sites is 1. The Morgan fingerprint density at radius 3 is 2.46 bits per heavy atom. The van der Waals surface area contributed by atoms with Gasteiger partial charge in [0.15, 0.2) is 0 Å². The van der Waals surface area contributed by atoms with Crippen molar-refractivity contribution in [3.05, 3.63) is 75.2 Å². The number of nitrogens with one attached hydrogen (secondary N) is 2. The van der Waals surface area contributed by atoms with Gasteiger partial charge in [-0.3, -0.25) is 14.3 Å². The molecule has 0 radical (unpaired) electrons. The number of hydrogen-bond acceptors (Lipinski definition) is 3. The SMILES string of the molecule is Cc1ccc(Cl)cc1NC(=O)C(C)Nc1c(C)n(C)n(-c2ccccc2)c1=O. The summed E-state index contributed by atoms with van der Waals surface area (Å²) in [5.41, 5.74) is 3.26. The molecule has 28 heavy (non-hydrogen) atoms. The number of carbonyl (C=O) groups is 1. The van der Waals surface area contributed by atoms with Gasteiger partial charge in [-0.1, -0.05) is 35.9 Å². The Morgan fingerprint density at radius 1 is 1.11 bits per heavy atom. The number of aromatic nitrogens is 2. The average molecular weight is 399 g/mol. The first-order chi connectivity index (χ1) is 13.3. The Kier molecular flexibility index (Phi) is 5.61. The largest absolute Gasteiger partial charge is 0.368 e. The van der Waals surface area contributed by atoms with Gasteiger partial charge >= 0.3 is 0 Å². The van der Waals surface area contributed by atoms with Crippen LogP contribution < -0.4 is 16.2 Å². The fraction of sp³-hybridized carbons (Fsp3) is 0.238. The maximum atomic E-state index is 13.0. The molecule has 0 aliphatic rings. The van der Waals surface area contributed by atoms with E-state index in [4.69, 9.17) is 11.6 Å². The predicted octanol–water partition coefficient (Wildman–Crippen LogP) is 3.89. The lowest BCUT2D eigenvalue weighted by Gasteiger charge is -2.15. The van der Waals surface area contributed by atoms with Crippen LogP contribution in [0.2, 0.25) is 5.02 Å². The molecule has 6 nitrogen and oxygen atoms in total. The van der Waals surface area contributed by atoms with Gasteiger partial charge in [0.2, 0.25) is 5.91 Å². The number of hydrogen-bond donors (Lipinski definition) is 2. The lowest BCUT2D eigenvalue weighted by atomic mass is 10.2. The highest BCUT2D eigenvalue weighted by molar-refractivity contribution is 6.31. The number of carbonyl (C=O) groups excluding carboxylic acids is 1. The van der Waals surface area contributed by atoms with Crippen LogP contribution in [0.3, 0.4) is 0 Å². The minimum atomic E-state index is -0.614. The lowest BCUT2D eigenvalue weighted by Crippen LogP contribution is -2.34. The molecule has 1 heterocycles. The molecule has 0 spiro atoms. The average Bonchev–Trinajstić information content (AvgIpc) is 2.88. The number of benzene rings is 2. The third-order valence-electron chi connectivity index (χ3n) is 4.77. The highest BCUT2D eigenvalue weighted by atomic mass is 35.5. The molecule has 0 fully saturated rings. The third-order valence-corrected chi connectivity index (χ3v) is 5.00. The predicted molar refractivity (Wildman–Crippen MR) is 114 cm³/mol. The van der Waals surface area contributed by atoms with Crippen molar-refractivity contribution in [3.8, 4) is 5.69 Å². The van der Waals surface area contributed by atoms with E-state index in [0.717, 1.165) is 16.9 Å². The van der Waals surface area contributed by atoms with Crippen molar-refractivity contribution in [1.82, 2.24) is 9.36 Å². The van der Waals surface area contributed by atoms with E-state index in [9.17, 15) is 9.59 Å². The van der Waals surface area contributed by atoms with Gasteiger partial charge in [0.1, 0.15) is 11.7 Å². The zero-order valence-corrected chi connectivity index (χ0v) is 17.0. The smallest absolute Gasteiger partial charge is 0.295 e. The zero-order valence-electron chi connectivity index (χ0n) is 16.3. The summed E-state index contributed by atoms with van der Waals surface area (Å²) in [7, 11) is 1.81. The van der Waals surface area contributed by atoms with Crippen LogP contribution >= 0.6 is 11.6 Å². The molecule has 1 unspecified atom stereocenters. The van der Waals surface area contributed by atoms with Gasteiger partial charge in [-0.25, -0.2) is 4.68 Å². The number of anilines is 2. The van der Waals surface area contributed by atoms with E-state index in [1.54, 1.807) is 28.4 Å². The van der Waals surface area contributed by atoms with Crippen LogP contribution in [0.4, 0.5) is 11.4 Å². The molecule has 1 atom stereocenters. The van der Waals surface area contributed by atoms with Crippen LogP contribution in [0.25, 0.3) is 5.69 Å². The molecule has 0 bridgehead atoms. The van der Waals surface area contributed by atoms with E-state index in [0.29, 0.717) is 16.4 Å². The van der Waals surface area contributed by atoms with E-state index in [2.05, 4.69) is 10.6 Å². The van der Waals surface area contributed by atoms with Crippen LogP contribution in [0, 0.1) is 13.8 Å². The van der Waals surface area contributed by atoms with Gasteiger partial charge < -0.3 is 10.6 Å². The van der Waals surface area contributed by atoms with Crippen LogP contribution in [-0.4, -0.2) is 21.3 Å². The molecule has 0 saturated carbocycles. The van der Waals surface area contributed by atoms with Crippen molar-refractivity contribution in [1.29, 1.82) is 0 Å². The molecule has 2 aromatic carbocycles. The number of rotatable bonds is 5. The van der Waals surface area contributed by atoms with Crippen molar-refractivity contribution in [3.63, 3.8) is 0 Å². The number of aryl methyl sites for hydroxylation is 1. The molecule has 1 aromatic heterocycles. The summed E-state index contributed by atoms with van der Waals surface area (Å²) in [6.45, 7) is 5.45. The number of amides is 1. The Labute approximate surface area is 168 Å². The molecule has 1 amide bonds. The van der Waals surface area contributed by atoms with Gasteiger partial charge in [-0.15, -0.1) is 0 Å². The first-order valence-corrected chi connectivity index (χ1v) is 9.35. The Balaban J connectivity index is 1.84. The molecule has 2 N–H and O–H groups in total. The molecular weight excluding hydrogens is 376 g/mol. The minimum absolute atomic E-state index is 0.204. The van der Waals surface area contributed by atoms with Gasteiger partial charge in [0.25, 0.3) is 5.56 Å². The van der Waals surface area contributed by atoms with Gasteiger partial charge in [-0.05, 0) is 50.6 Å². The van der Waals surface area contributed by atoms with E-state index < -0.39 is 6.04 Å². The quantitative estimate of drug-likeness (QED) is 0.685. The highest BCUT2D eigenvalue weighted by Gasteiger charge is 2.21. The Morgan fingerprint density at radius 2 is 1.79 bits per heavy atom. The number of halogens is 1. The summed E-state index contributed by atoms with van der Waals surface area (Å²) in [6.07, 6.45) is 0. The summed E-state index contributed by atoms with van der Waals surface area (Å²) < 4.78 is 3.34. The number of nitrogens with zero attached hydrogens (tertiary/aromatic N) is 2. The Bertz CT molecular complexity index is 1070. The maximum Gasteiger partial charge on any atom is 0.295 e. The monoisotopic (exact) mass is 398 g/mol. The molecule has 0 aliphatic heterocycles. The molecule has 7 heteroatoms. The van der Waals surface area contributed by atoms with Crippen LogP contribution in [0.5, 0.6) is 0 Å². The second-order valence-electron chi connectivity index (χ2n) is 6.75. The van der Waals surface area contributed by atoms with Crippen molar-refractivity contribution in [2.45, 2.75) is 26.8 Å². The van der Waals surface area contributed by atoms with E-state index >= 15 is 0 Å². The molecule has 0 saturated heterocycles. The minimum Gasteiger partial charge on any atom is -0.368 e. The molecule has 146 valence electrons. The van der Waals surface area contributed by atoms with E-state index in [1.807, 2.05) is 57.3 Å². The summed E-state index contributed by atoms with van der Waals surface area (Å²) >= 11 is 6.02. The highest BCUT2D eigenvalue weighted by Crippen LogP contribution is 2.21. The van der Waals surface area contributed by atoms with Crippen molar-refractivity contribution >= 4 is 28.9 Å². The third kappa shape index (κ3) is 3.82.